The fourth-order valence-corrected chi connectivity index (χ4v) is 3.94. The van der Waals surface area contributed by atoms with E-state index in [0.29, 0.717) is 12.5 Å². The maximum absolute atomic E-state index is 12.2. The highest BCUT2D eigenvalue weighted by molar-refractivity contribution is 5.85. The number of benzene rings is 1. The summed E-state index contributed by atoms with van der Waals surface area (Å²) in [6.07, 6.45) is 5.45. The summed E-state index contributed by atoms with van der Waals surface area (Å²) in [5.74, 6) is 2.48. The molecule has 0 bridgehead atoms. The number of ether oxygens (including phenoxy) is 2. The zero-order valence-electron chi connectivity index (χ0n) is 17.5. The number of carbonyl (C=O) groups excluding carboxylic acids is 1. The van der Waals surface area contributed by atoms with Crippen LogP contribution in [0.25, 0.3) is 0 Å². The molecule has 2 atom stereocenters. The van der Waals surface area contributed by atoms with E-state index in [1.54, 1.807) is 0 Å². The van der Waals surface area contributed by atoms with E-state index in [0.717, 1.165) is 70.1 Å². The first kappa shape index (κ1) is 23.8. The molecule has 29 heavy (non-hydrogen) atoms. The van der Waals surface area contributed by atoms with Gasteiger partial charge in [-0.1, -0.05) is 6.92 Å². The number of nitrogens with one attached hydrogen (secondary N) is 2. The van der Waals surface area contributed by atoms with Crippen LogP contribution in [-0.2, 0) is 4.79 Å². The lowest BCUT2D eigenvalue weighted by Crippen LogP contribution is -2.46. The molecule has 0 aliphatic carbocycles. The molecule has 2 N–H and O–H groups in total. The zero-order valence-corrected chi connectivity index (χ0v) is 18.3. The van der Waals surface area contributed by atoms with Crippen molar-refractivity contribution in [3.8, 4) is 11.5 Å². The van der Waals surface area contributed by atoms with E-state index in [2.05, 4.69) is 22.5 Å². The molecule has 164 valence electrons. The van der Waals surface area contributed by atoms with Crippen LogP contribution in [0.5, 0.6) is 11.5 Å². The van der Waals surface area contributed by atoms with E-state index in [9.17, 15) is 4.79 Å². The second kappa shape index (κ2) is 12.9. The van der Waals surface area contributed by atoms with Crippen LogP contribution in [0.4, 0.5) is 0 Å². The third-order valence-electron chi connectivity index (χ3n) is 5.52. The Hall–Kier alpha value is -1.50. The minimum absolute atomic E-state index is 0. The number of halogens is 1. The maximum Gasteiger partial charge on any atom is 0.237 e. The number of amides is 1. The Morgan fingerprint density at radius 1 is 1.14 bits per heavy atom. The summed E-state index contributed by atoms with van der Waals surface area (Å²) in [5.41, 5.74) is 0. The lowest BCUT2D eigenvalue weighted by molar-refractivity contribution is -0.123. The number of carbonyl (C=O) groups is 1. The van der Waals surface area contributed by atoms with Crippen LogP contribution in [0.3, 0.4) is 0 Å². The van der Waals surface area contributed by atoms with Gasteiger partial charge in [-0.3, -0.25) is 9.69 Å². The average molecular weight is 426 g/mol. The van der Waals surface area contributed by atoms with Crippen molar-refractivity contribution in [3.63, 3.8) is 0 Å². The van der Waals surface area contributed by atoms with Crippen LogP contribution >= 0.6 is 12.4 Å². The Morgan fingerprint density at radius 3 is 2.52 bits per heavy atom. The highest BCUT2D eigenvalue weighted by Gasteiger charge is 2.24. The first-order valence-corrected chi connectivity index (χ1v) is 10.8. The van der Waals surface area contributed by atoms with Gasteiger partial charge in [0.05, 0.1) is 12.6 Å². The van der Waals surface area contributed by atoms with Crippen molar-refractivity contribution in [1.29, 1.82) is 0 Å². The number of nitrogens with zero attached hydrogens (tertiary/aromatic N) is 1. The molecule has 7 heteroatoms. The van der Waals surface area contributed by atoms with Gasteiger partial charge in [0.2, 0.25) is 5.91 Å². The molecule has 0 spiro atoms. The van der Waals surface area contributed by atoms with Crippen molar-refractivity contribution in [2.24, 2.45) is 5.92 Å². The molecule has 1 aromatic rings. The Balaban J connectivity index is 0.00000300. The van der Waals surface area contributed by atoms with Crippen LogP contribution in [0.2, 0.25) is 0 Å². The van der Waals surface area contributed by atoms with E-state index in [1.165, 1.54) is 12.8 Å². The van der Waals surface area contributed by atoms with Gasteiger partial charge >= 0.3 is 0 Å². The molecule has 0 aromatic heterocycles. The number of hydrogen-bond acceptors (Lipinski definition) is 5. The molecular formula is C22H36ClN3O3. The molecule has 1 amide bonds. The van der Waals surface area contributed by atoms with Crippen LogP contribution < -0.4 is 20.1 Å². The first-order valence-electron chi connectivity index (χ1n) is 10.8. The normalized spacial score (nSPS) is 22.0. The molecule has 2 aliphatic heterocycles. The van der Waals surface area contributed by atoms with Gasteiger partial charge in [0.25, 0.3) is 0 Å². The highest BCUT2D eigenvalue weighted by Crippen LogP contribution is 2.19. The second-order valence-corrected chi connectivity index (χ2v) is 7.87. The molecule has 0 radical (unpaired) electrons. The lowest BCUT2D eigenvalue weighted by Gasteiger charge is -2.32. The van der Waals surface area contributed by atoms with Gasteiger partial charge in [0, 0.05) is 19.6 Å². The minimum Gasteiger partial charge on any atom is -0.494 e. The van der Waals surface area contributed by atoms with Crippen LogP contribution in [0.15, 0.2) is 24.3 Å². The molecule has 2 heterocycles. The predicted octanol–water partition coefficient (Wildman–Crippen LogP) is 2.86. The van der Waals surface area contributed by atoms with Gasteiger partial charge in [-0.25, -0.2) is 0 Å². The van der Waals surface area contributed by atoms with Crippen LogP contribution in [-0.4, -0.2) is 62.8 Å². The molecule has 6 nitrogen and oxygen atoms in total. The summed E-state index contributed by atoms with van der Waals surface area (Å²) in [4.78, 5) is 14.6. The molecule has 2 unspecified atom stereocenters. The molecule has 2 fully saturated rings. The molecule has 3 rings (SSSR count). The summed E-state index contributed by atoms with van der Waals surface area (Å²) in [7, 11) is 0. The first-order chi connectivity index (χ1) is 13.7. The number of likely N-dealkylation sites (tertiary alicyclic amines) is 1. The fourth-order valence-electron chi connectivity index (χ4n) is 3.94. The molecule has 2 saturated heterocycles. The summed E-state index contributed by atoms with van der Waals surface area (Å²) < 4.78 is 11.5. The Kier molecular flexibility index (Phi) is 10.6. The minimum atomic E-state index is 0. The van der Waals surface area contributed by atoms with E-state index < -0.39 is 0 Å². The van der Waals surface area contributed by atoms with Crippen LogP contribution in [0, 0.1) is 5.92 Å². The molecule has 0 saturated carbocycles. The Bertz CT molecular complexity index is 593. The van der Waals surface area contributed by atoms with Gasteiger partial charge in [-0.05, 0) is 75.4 Å². The van der Waals surface area contributed by atoms with Crippen molar-refractivity contribution in [2.75, 3.05) is 45.9 Å². The SMILES string of the molecule is CCCOc1ccc(OCCN2CCCC(CNC(=O)C3CCCN3)C2)cc1.Cl. The maximum atomic E-state index is 12.2. The number of piperidine rings is 1. The third-order valence-corrected chi connectivity index (χ3v) is 5.52. The van der Waals surface area contributed by atoms with Crippen molar-refractivity contribution in [2.45, 2.75) is 45.1 Å². The van der Waals surface area contributed by atoms with Crippen molar-refractivity contribution in [1.82, 2.24) is 15.5 Å². The van der Waals surface area contributed by atoms with E-state index in [4.69, 9.17) is 9.47 Å². The van der Waals surface area contributed by atoms with Gasteiger partial charge < -0.3 is 20.1 Å². The summed E-state index contributed by atoms with van der Waals surface area (Å²) >= 11 is 0. The molecule has 2 aliphatic rings. The Labute approximate surface area is 181 Å². The van der Waals surface area contributed by atoms with Gasteiger partial charge in [0.15, 0.2) is 0 Å². The van der Waals surface area contributed by atoms with Gasteiger partial charge in [-0.15, -0.1) is 12.4 Å². The summed E-state index contributed by atoms with van der Waals surface area (Å²) in [6.45, 7) is 8.34. The summed E-state index contributed by atoms with van der Waals surface area (Å²) in [5, 5.41) is 6.41. The summed E-state index contributed by atoms with van der Waals surface area (Å²) in [6, 6.07) is 7.88. The second-order valence-electron chi connectivity index (χ2n) is 7.87. The molecule has 1 aromatic carbocycles. The van der Waals surface area contributed by atoms with E-state index in [1.807, 2.05) is 24.3 Å². The number of rotatable bonds is 10. The standard InChI is InChI=1S/C22H35N3O3.ClH/c1-2-14-27-19-7-9-20(10-8-19)28-15-13-25-12-4-5-18(17-25)16-24-22(26)21-6-3-11-23-21;/h7-10,18,21,23H,2-6,11-17H2,1H3,(H,24,26);1H. The largest absolute Gasteiger partial charge is 0.494 e. The van der Waals surface area contributed by atoms with E-state index in [-0.39, 0.29) is 24.4 Å². The monoisotopic (exact) mass is 425 g/mol. The topological polar surface area (TPSA) is 62.8 Å². The lowest BCUT2D eigenvalue weighted by atomic mass is 9.98. The quantitative estimate of drug-likeness (QED) is 0.603. The van der Waals surface area contributed by atoms with Gasteiger partial charge in [0.1, 0.15) is 18.1 Å². The zero-order chi connectivity index (χ0) is 19.6. The average Bonchev–Trinajstić information content (AvgIpc) is 3.27. The highest BCUT2D eigenvalue weighted by atomic mass is 35.5. The van der Waals surface area contributed by atoms with Gasteiger partial charge in [-0.2, -0.15) is 0 Å². The van der Waals surface area contributed by atoms with Crippen molar-refractivity contribution >= 4 is 18.3 Å². The van der Waals surface area contributed by atoms with Crippen molar-refractivity contribution in [3.05, 3.63) is 24.3 Å². The third kappa shape index (κ3) is 8.03. The Morgan fingerprint density at radius 2 is 1.86 bits per heavy atom. The smallest absolute Gasteiger partial charge is 0.237 e. The number of hydrogen-bond donors (Lipinski definition) is 2. The fraction of sp³-hybridized carbons (Fsp3) is 0.682. The van der Waals surface area contributed by atoms with Crippen molar-refractivity contribution < 1.29 is 14.3 Å². The van der Waals surface area contributed by atoms with Crippen LogP contribution in [0.1, 0.15) is 39.0 Å². The molecular weight excluding hydrogens is 390 g/mol. The predicted molar refractivity (Wildman–Crippen MR) is 118 cm³/mol. The van der Waals surface area contributed by atoms with E-state index >= 15 is 0 Å².